The first kappa shape index (κ1) is 19.6. The molecule has 142 valence electrons. The number of benzene rings is 2. The third kappa shape index (κ3) is 4.60. The summed E-state index contributed by atoms with van der Waals surface area (Å²) in [5.74, 6) is -0.406. The van der Waals surface area contributed by atoms with Crippen molar-refractivity contribution in [1.29, 1.82) is 0 Å². The Morgan fingerprint density at radius 2 is 1.78 bits per heavy atom. The fraction of sp³-hybridized carbons (Fsp3) is 0.300. The molecule has 2 N–H and O–H groups in total. The van der Waals surface area contributed by atoms with E-state index in [2.05, 4.69) is 10.6 Å². The maximum Gasteiger partial charge on any atom is 0.251 e. The van der Waals surface area contributed by atoms with E-state index in [1.54, 1.807) is 31.2 Å². The van der Waals surface area contributed by atoms with E-state index < -0.39 is 11.9 Å². The lowest BCUT2D eigenvalue weighted by Gasteiger charge is -2.16. The van der Waals surface area contributed by atoms with Gasteiger partial charge < -0.3 is 10.6 Å². The molecule has 4 nitrogen and oxygen atoms in total. The van der Waals surface area contributed by atoms with Crippen molar-refractivity contribution in [3.05, 3.63) is 63.4 Å². The predicted molar refractivity (Wildman–Crippen MR) is 105 cm³/mol. The smallest absolute Gasteiger partial charge is 0.251 e. The number of nitrogens with one attached hydrogen (secondary N) is 2. The highest BCUT2D eigenvalue weighted by molar-refractivity contribution is 6.35. The normalized spacial score (nSPS) is 19.3. The van der Waals surface area contributed by atoms with Gasteiger partial charge in [-0.2, -0.15) is 0 Å². The van der Waals surface area contributed by atoms with Crippen molar-refractivity contribution in [2.75, 3.05) is 5.32 Å². The van der Waals surface area contributed by atoms with E-state index in [1.165, 1.54) is 12.1 Å². The third-order valence-corrected chi connectivity index (χ3v) is 5.33. The van der Waals surface area contributed by atoms with Crippen molar-refractivity contribution in [2.45, 2.75) is 26.3 Å². The van der Waals surface area contributed by atoms with Gasteiger partial charge in [0.2, 0.25) is 5.91 Å². The van der Waals surface area contributed by atoms with Gasteiger partial charge >= 0.3 is 0 Å². The Bertz CT molecular complexity index is 886. The lowest BCUT2D eigenvalue weighted by Crippen LogP contribution is -2.27. The van der Waals surface area contributed by atoms with Crippen LogP contribution >= 0.6 is 23.2 Å². The number of rotatable bonds is 5. The maximum atomic E-state index is 13.7. The van der Waals surface area contributed by atoms with E-state index in [-0.39, 0.29) is 27.8 Å². The maximum absolute atomic E-state index is 13.7. The summed E-state index contributed by atoms with van der Waals surface area (Å²) in [7, 11) is 0. The predicted octanol–water partition coefficient (Wildman–Crippen LogP) is 5.22. The summed E-state index contributed by atoms with van der Waals surface area (Å²) in [5.41, 5.74) is 1.51. The number of carbonyl (C=O) groups is 2. The van der Waals surface area contributed by atoms with Crippen LogP contribution in [0.4, 0.5) is 10.1 Å². The molecule has 2 aromatic carbocycles. The Hall–Kier alpha value is -2.11. The third-order valence-electron chi connectivity index (χ3n) is 4.71. The van der Waals surface area contributed by atoms with E-state index >= 15 is 0 Å². The van der Waals surface area contributed by atoms with Crippen molar-refractivity contribution in [1.82, 2.24) is 5.32 Å². The molecule has 3 unspecified atom stereocenters. The zero-order valence-electron chi connectivity index (χ0n) is 14.9. The lowest BCUT2D eigenvalue weighted by atomic mass is 10.1. The molecular weight excluding hydrogens is 390 g/mol. The minimum absolute atomic E-state index is 0.00716. The van der Waals surface area contributed by atoms with Gasteiger partial charge in [0.15, 0.2) is 0 Å². The monoisotopic (exact) mass is 408 g/mol. The summed E-state index contributed by atoms with van der Waals surface area (Å²) in [5, 5.41) is 5.83. The molecule has 0 bridgehead atoms. The Balaban J connectivity index is 1.64. The molecule has 1 aliphatic rings. The summed E-state index contributed by atoms with van der Waals surface area (Å²) >= 11 is 11.8. The average molecular weight is 409 g/mol. The molecule has 2 aromatic rings. The molecule has 0 radical (unpaired) electrons. The van der Waals surface area contributed by atoms with Crippen molar-refractivity contribution in [3.63, 3.8) is 0 Å². The standard InChI is InChI=1S/C20H19Cl2FN2O2/c1-10-7-14(10)20(27)25-13-5-3-12(4-6-13)19(26)24-11(2)15-8-18(23)17(22)9-16(15)21/h3-6,8-11,14H,7H2,1-2H3,(H,24,26)(H,25,27). The van der Waals surface area contributed by atoms with E-state index in [9.17, 15) is 14.0 Å². The topological polar surface area (TPSA) is 58.2 Å². The van der Waals surface area contributed by atoms with Crippen molar-refractivity contribution in [2.24, 2.45) is 11.8 Å². The van der Waals surface area contributed by atoms with E-state index in [4.69, 9.17) is 23.2 Å². The van der Waals surface area contributed by atoms with Crippen LogP contribution in [0.1, 0.15) is 42.2 Å². The summed E-state index contributed by atoms with van der Waals surface area (Å²) in [4.78, 5) is 24.4. The van der Waals surface area contributed by atoms with Crippen molar-refractivity contribution in [3.8, 4) is 0 Å². The molecular formula is C20H19Cl2FN2O2. The number of amides is 2. The van der Waals surface area contributed by atoms with Crippen LogP contribution in [0.5, 0.6) is 0 Å². The Labute approximate surface area is 167 Å². The van der Waals surface area contributed by atoms with Crippen molar-refractivity contribution >= 4 is 40.7 Å². The molecule has 0 saturated heterocycles. The van der Waals surface area contributed by atoms with E-state index in [0.29, 0.717) is 22.7 Å². The van der Waals surface area contributed by atoms with Gasteiger partial charge in [-0.15, -0.1) is 0 Å². The molecule has 1 saturated carbocycles. The molecule has 0 spiro atoms. The van der Waals surface area contributed by atoms with Crippen molar-refractivity contribution < 1.29 is 14.0 Å². The van der Waals surface area contributed by atoms with Crippen LogP contribution in [0.15, 0.2) is 36.4 Å². The SMILES string of the molecule is CC(NC(=O)c1ccc(NC(=O)C2CC2C)cc1)c1cc(F)c(Cl)cc1Cl. The molecule has 0 heterocycles. The summed E-state index contributed by atoms with van der Waals surface area (Å²) in [6.07, 6.45) is 0.915. The van der Waals surface area contributed by atoms with Gasteiger partial charge in [-0.25, -0.2) is 4.39 Å². The first-order chi connectivity index (χ1) is 12.8. The van der Waals surface area contributed by atoms with Crippen LogP contribution in [-0.4, -0.2) is 11.8 Å². The second-order valence-electron chi connectivity index (χ2n) is 6.87. The molecule has 27 heavy (non-hydrogen) atoms. The van der Waals surface area contributed by atoms with Gasteiger partial charge in [0.05, 0.1) is 11.1 Å². The van der Waals surface area contributed by atoms with E-state index in [0.717, 1.165) is 6.42 Å². The molecule has 0 aliphatic heterocycles. The van der Waals surface area contributed by atoms with Gasteiger partial charge in [0, 0.05) is 22.2 Å². The fourth-order valence-corrected chi connectivity index (χ4v) is 3.40. The van der Waals surface area contributed by atoms with Crippen LogP contribution in [0.25, 0.3) is 0 Å². The average Bonchev–Trinajstić information content (AvgIpc) is 3.35. The highest BCUT2D eigenvalue weighted by Gasteiger charge is 2.39. The zero-order valence-corrected chi connectivity index (χ0v) is 16.4. The largest absolute Gasteiger partial charge is 0.345 e. The summed E-state index contributed by atoms with van der Waals surface area (Å²) in [6, 6.07) is 8.63. The molecule has 1 aliphatic carbocycles. The number of hydrogen-bond acceptors (Lipinski definition) is 2. The molecule has 0 aromatic heterocycles. The minimum atomic E-state index is -0.595. The van der Waals surface area contributed by atoms with Crippen LogP contribution < -0.4 is 10.6 Å². The number of halogens is 3. The highest BCUT2D eigenvalue weighted by atomic mass is 35.5. The van der Waals surface area contributed by atoms with Crippen LogP contribution in [0, 0.1) is 17.7 Å². The Morgan fingerprint density at radius 1 is 1.15 bits per heavy atom. The Kier molecular flexibility index (Phi) is 5.72. The quantitative estimate of drug-likeness (QED) is 0.666. The van der Waals surface area contributed by atoms with Gasteiger partial charge in [-0.3, -0.25) is 9.59 Å². The van der Waals surface area contributed by atoms with Crippen LogP contribution in [0.2, 0.25) is 10.0 Å². The second kappa shape index (κ2) is 7.87. The number of carbonyl (C=O) groups excluding carboxylic acids is 2. The van der Waals surface area contributed by atoms with Crippen LogP contribution in [-0.2, 0) is 4.79 Å². The first-order valence-corrected chi connectivity index (χ1v) is 9.38. The molecule has 1 fully saturated rings. The summed E-state index contributed by atoms with van der Waals surface area (Å²) < 4.78 is 13.7. The fourth-order valence-electron chi connectivity index (χ4n) is 2.85. The second-order valence-corrected chi connectivity index (χ2v) is 7.68. The molecule has 7 heteroatoms. The Morgan fingerprint density at radius 3 is 2.37 bits per heavy atom. The number of anilines is 1. The number of hydrogen-bond donors (Lipinski definition) is 2. The molecule has 2 amide bonds. The molecule has 3 rings (SSSR count). The van der Waals surface area contributed by atoms with Gasteiger partial charge in [-0.05, 0) is 61.2 Å². The lowest BCUT2D eigenvalue weighted by molar-refractivity contribution is -0.117. The van der Waals surface area contributed by atoms with Gasteiger partial charge in [-0.1, -0.05) is 30.1 Å². The van der Waals surface area contributed by atoms with Gasteiger partial charge in [0.25, 0.3) is 5.91 Å². The van der Waals surface area contributed by atoms with E-state index in [1.807, 2.05) is 6.92 Å². The van der Waals surface area contributed by atoms with Gasteiger partial charge in [0.1, 0.15) is 5.82 Å². The zero-order chi connectivity index (χ0) is 19.7. The summed E-state index contributed by atoms with van der Waals surface area (Å²) in [6.45, 7) is 3.75. The van der Waals surface area contributed by atoms with Crippen LogP contribution in [0.3, 0.4) is 0 Å². The molecule has 3 atom stereocenters. The first-order valence-electron chi connectivity index (χ1n) is 8.62. The minimum Gasteiger partial charge on any atom is -0.345 e. The highest BCUT2D eigenvalue weighted by Crippen LogP contribution is 2.38.